The number of hydrogen-bond donors (Lipinski definition) is 1. The number of ether oxygens (including phenoxy) is 1. The summed E-state index contributed by atoms with van der Waals surface area (Å²) in [7, 11) is 1.60. The summed E-state index contributed by atoms with van der Waals surface area (Å²) in [4.78, 5) is 27.5. The molecule has 1 N–H and O–H groups in total. The van der Waals surface area contributed by atoms with Crippen LogP contribution < -0.4 is 10.1 Å². The van der Waals surface area contributed by atoms with Crippen molar-refractivity contribution in [1.82, 2.24) is 4.90 Å². The van der Waals surface area contributed by atoms with Crippen LogP contribution in [0, 0.1) is 13.8 Å². The van der Waals surface area contributed by atoms with Gasteiger partial charge in [-0.15, -0.1) is 0 Å². The minimum atomic E-state index is -0.561. The van der Waals surface area contributed by atoms with Gasteiger partial charge in [-0.1, -0.05) is 29.3 Å². The number of amides is 2. The van der Waals surface area contributed by atoms with Crippen LogP contribution in [0.25, 0.3) is 0 Å². The van der Waals surface area contributed by atoms with Gasteiger partial charge >= 0.3 is 0 Å². The van der Waals surface area contributed by atoms with E-state index in [0.717, 1.165) is 23.3 Å². The minimum absolute atomic E-state index is 0.224. The Morgan fingerprint density at radius 1 is 1.18 bits per heavy atom. The lowest BCUT2D eigenvalue weighted by atomic mass is 10.1. The second-order valence-electron chi connectivity index (χ2n) is 6.86. The number of anilines is 1. The van der Waals surface area contributed by atoms with Crippen LogP contribution in [0.15, 0.2) is 30.3 Å². The van der Waals surface area contributed by atoms with Crippen LogP contribution in [0.4, 0.5) is 5.69 Å². The van der Waals surface area contributed by atoms with Crippen LogP contribution in [0.1, 0.15) is 34.3 Å². The van der Waals surface area contributed by atoms with E-state index in [1.54, 1.807) is 24.1 Å². The van der Waals surface area contributed by atoms with E-state index >= 15 is 0 Å². The van der Waals surface area contributed by atoms with Gasteiger partial charge in [-0.25, -0.2) is 0 Å². The van der Waals surface area contributed by atoms with E-state index < -0.39 is 6.04 Å². The van der Waals surface area contributed by atoms with Gasteiger partial charge in [-0.3, -0.25) is 9.59 Å². The monoisotopic (exact) mass is 420 g/mol. The molecule has 2 aromatic rings. The first kappa shape index (κ1) is 20.5. The Balaban J connectivity index is 1.82. The summed E-state index contributed by atoms with van der Waals surface area (Å²) in [6.45, 7) is 4.34. The second kappa shape index (κ2) is 8.41. The molecule has 1 saturated heterocycles. The second-order valence-corrected chi connectivity index (χ2v) is 7.70. The molecule has 0 aliphatic carbocycles. The molecular weight excluding hydrogens is 399 g/mol. The molecular formula is C21H22Cl2N2O3. The van der Waals surface area contributed by atoms with Crippen molar-refractivity contribution < 1.29 is 14.3 Å². The molecule has 0 saturated carbocycles. The van der Waals surface area contributed by atoms with Crippen LogP contribution in [-0.2, 0) is 4.79 Å². The Labute approximate surface area is 174 Å². The lowest BCUT2D eigenvalue weighted by Crippen LogP contribution is -2.43. The fourth-order valence-corrected chi connectivity index (χ4v) is 3.96. The van der Waals surface area contributed by atoms with Crippen LogP contribution in [0.3, 0.4) is 0 Å². The van der Waals surface area contributed by atoms with Gasteiger partial charge in [0.15, 0.2) is 0 Å². The van der Waals surface area contributed by atoms with E-state index in [2.05, 4.69) is 5.32 Å². The van der Waals surface area contributed by atoms with Crippen molar-refractivity contribution >= 4 is 40.7 Å². The number of halogens is 2. The predicted molar refractivity (Wildman–Crippen MR) is 112 cm³/mol. The van der Waals surface area contributed by atoms with Gasteiger partial charge in [-0.05, 0) is 56.5 Å². The summed E-state index contributed by atoms with van der Waals surface area (Å²) in [5.74, 6) is 0.226. The summed E-state index contributed by atoms with van der Waals surface area (Å²) in [6.07, 6.45) is 1.34. The maximum absolute atomic E-state index is 13.0. The number of carbonyl (C=O) groups excluding carboxylic acids is 2. The highest BCUT2D eigenvalue weighted by molar-refractivity contribution is 6.35. The Morgan fingerprint density at radius 2 is 1.93 bits per heavy atom. The number of nitrogens with one attached hydrogen (secondary N) is 1. The van der Waals surface area contributed by atoms with Gasteiger partial charge in [0.05, 0.1) is 17.7 Å². The summed E-state index contributed by atoms with van der Waals surface area (Å²) in [5, 5.41) is 3.69. The zero-order valence-electron chi connectivity index (χ0n) is 16.0. The molecule has 1 atom stereocenters. The number of carbonyl (C=O) groups is 2. The molecule has 148 valence electrons. The highest BCUT2D eigenvalue weighted by Gasteiger charge is 2.35. The zero-order chi connectivity index (χ0) is 20.4. The van der Waals surface area contributed by atoms with Crippen LogP contribution in [0.5, 0.6) is 5.75 Å². The van der Waals surface area contributed by atoms with E-state index in [9.17, 15) is 9.59 Å². The fourth-order valence-electron chi connectivity index (χ4n) is 3.59. The molecule has 0 radical (unpaired) electrons. The molecule has 2 amide bonds. The number of aryl methyl sites for hydroxylation is 1. The summed E-state index contributed by atoms with van der Waals surface area (Å²) in [6, 6.07) is 7.93. The number of benzene rings is 2. The Hall–Kier alpha value is -2.24. The molecule has 1 unspecified atom stereocenters. The van der Waals surface area contributed by atoms with Crippen LogP contribution >= 0.6 is 23.2 Å². The van der Waals surface area contributed by atoms with Crippen molar-refractivity contribution in [3.63, 3.8) is 0 Å². The minimum Gasteiger partial charge on any atom is -0.496 e. The number of methoxy groups -OCH3 is 1. The molecule has 1 aliphatic rings. The average Bonchev–Trinajstić information content (AvgIpc) is 3.16. The van der Waals surface area contributed by atoms with Crippen molar-refractivity contribution in [2.24, 2.45) is 0 Å². The SMILES string of the molecule is COc1c(C)ccc(NC(=O)C2CCCN2C(=O)c2cc(Cl)ccc2Cl)c1C. The van der Waals surface area contributed by atoms with Crippen LogP contribution in [-0.4, -0.2) is 36.4 Å². The molecule has 2 aromatic carbocycles. The standard InChI is InChI=1S/C21H22Cl2N2O3/c1-12-6-9-17(13(2)19(12)28-3)24-20(26)18-5-4-10-25(18)21(27)15-11-14(22)7-8-16(15)23/h6-9,11,18H,4-5,10H2,1-3H3,(H,24,26). The van der Waals surface area contributed by atoms with Crippen molar-refractivity contribution in [2.45, 2.75) is 32.7 Å². The predicted octanol–water partition coefficient (Wildman–Crippen LogP) is 4.86. The van der Waals surface area contributed by atoms with E-state index in [4.69, 9.17) is 27.9 Å². The number of nitrogens with zero attached hydrogens (tertiary/aromatic N) is 1. The number of hydrogen-bond acceptors (Lipinski definition) is 3. The first-order chi connectivity index (χ1) is 13.3. The van der Waals surface area contributed by atoms with Gasteiger partial charge in [-0.2, -0.15) is 0 Å². The van der Waals surface area contributed by atoms with Gasteiger partial charge in [0, 0.05) is 22.8 Å². The van der Waals surface area contributed by atoms with E-state index in [1.165, 1.54) is 6.07 Å². The van der Waals surface area contributed by atoms with E-state index in [-0.39, 0.29) is 11.8 Å². The first-order valence-corrected chi connectivity index (χ1v) is 9.80. The average molecular weight is 421 g/mol. The van der Waals surface area contributed by atoms with Gasteiger partial charge in [0.25, 0.3) is 5.91 Å². The maximum atomic E-state index is 13.0. The smallest absolute Gasteiger partial charge is 0.256 e. The lowest BCUT2D eigenvalue weighted by Gasteiger charge is -2.25. The Bertz CT molecular complexity index is 930. The summed E-state index contributed by atoms with van der Waals surface area (Å²) >= 11 is 12.2. The molecule has 0 aromatic heterocycles. The van der Waals surface area contributed by atoms with Crippen LogP contribution in [0.2, 0.25) is 10.0 Å². The first-order valence-electron chi connectivity index (χ1n) is 9.04. The normalized spacial score (nSPS) is 16.2. The van der Waals surface area contributed by atoms with Crippen molar-refractivity contribution in [3.05, 3.63) is 57.1 Å². The maximum Gasteiger partial charge on any atom is 0.256 e. The van der Waals surface area contributed by atoms with Gasteiger partial charge < -0.3 is 15.0 Å². The highest BCUT2D eigenvalue weighted by Crippen LogP contribution is 2.31. The van der Waals surface area contributed by atoms with E-state index in [0.29, 0.717) is 34.3 Å². The molecule has 0 spiro atoms. The molecule has 3 rings (SSSR count). The largest absolute Gasteiger partial charge is 0.496 e. The third-order valence-electron chi connectivity index (χ3n) is 5.04. The van der Waals surface area contributed by atoms with Crippen molar-refractivity contribution in [3.8, 4) is 5.75 Å². The Kier molecular flexibility index (Phi) is 6.16. The van der Waals surface area contributed by atoms with Crippen molar-refractivity contribution in [1.29, 1.82) is 0 Å². The summed E-state index contributed by atoms with van der Waals surface area (Å²) in [5.41, 5.74) is 2.82. The Morgan fingerprint density at radius 3 is 2.64 bits per heavy atom. The molecule has 5 nitrogen and oxygen atoms in total. The third-order valence-corrected chi connectivity index (χ3v) is 5.60. The molecule has 28 heavy (non-hydrogen) atoms. The van der Waals surface area contributed by atoms with Gasteiger partial charge in [0.2, 0.25) is 5.91 Å². The topological polar surface area (TPSA) is 58.6 Å². The molecule has 7 heteroatoms. The number of rotatable bonds is 4. The lowest BCUT2D eigenvalue weighted by molar-refractivity contribution is -0.119. The zero-order valence-corrected chi connectivity index (χ0v) is 17.5. The summed E-state index contributed by atoms with van der Waals surface area (Å²) < 4.78 is 5.42. The highest BCUT2D eigenvalue weighted by atomic mass is 35.5. The third kappa shape index (κ3) is 3.96. The van der Waals surface area contributed by atoms with E-state index in [1.807, 2.05) is 26.0 Å². The quantitative estimate of drug-likeness (QED) is 0.767. The van der Waals surface area contributed by atoms with Gasteiger partial charge in [0.1, 0.15) is 11.8 Å². The molecule has 1 heterocycles. The molecule has 1 aliphatic heterocycles. The fraction of sp³-hybridized carbons (Fsp3) is 0.333. The number of likely N-dealkylation sites (tertiary alicyclic amines) is 1. The molecule has 1 fully saturated rings. The van der Waals surface area contributed by atoms with Crippen molar-refractivity contribution in [2.75, 3.05) is 19.0 Å². The molecule has 0 bridgehead atoms.